The van der Waals surface area contributed by atoms with Gasteiger partial charge in [0.15, 0.2) is 0 Å². The van der Waals surface area contributed by atoms with Crippen LogP contribution in [0.25, 0.3) is 22.5 Å². The summed E-state index contributed by atoms with van der Waals surface area (Å²) in [5.41, 5.74) is 19.3. The zero-order valence-electron chi connectivity index (χ0n) is 28.5. The first-order valence-electron chi connectivity index (χ1n) is 15.7. The van der Waals surface area contributed by atoms with Crippen molar-refractivity contribution in [2.75, 3.05) is 14.2 Å². The minimum atomic E-state index is -4.87. The van der Waals surface area contributed by atoms with Gasteiger partial charge in [0.05, 0.1) is 36.7 Å². The van der Waals surface area contributed by atoms with Crippen molar-refractivity contribution in [3.05, 3.63) is 130 Å². The number of rotatable bonds is 9. The molecule has 258 valence electrons. The number of nitrogens with two attached hydrogens (primary N) is 2. The number of nitrogens with zero attached hydrogens (tertiary/aromatic N) is 2. The Labute approximate surface area is 290 Å². The molecule has 0 heterocycles. The van der Waals surface area contributed by atoms with Gasteiger partial charge >= 0.3 is 0 Å². The highest BCUT2D eigenvalue weighted by atomic mass is 32.2. The quantitative estimate of drug-likeness (QED) is 0.0992. The van der Waals surface area contributed by atoms with Crippen molar-refractivity contribution < 1.29 is 38.2 Å². The second-order valence-corrected chi connectivity index (χ2v) is 14.9. The monoisotopic (exact) mass is 716 g/mol. The summed E-state index contributed by atoms with van der Waals surface area (Å²) < 4.78 is 98.3. The number of ether oxygens (including phenoxy) is 2. The third-order valence-corrected chi connectivity index (χ3v) is 11.6. The Kier molecular flexibility index (Phi) is 7.93. The van der Waals surface area contributed by atoms with Crippen LogP contribution in [0, 0.1) is 11.0 Å². The molecular weight excluding hydrogens is 685 g/mol. The van der Waals surface area contributed by atoms with Gasteiger partial charge in [-0.1, -0.05) is 72.8 Å². The van der Waals surface area contributed by atoms with E-state index in [1.165, 1.54) is 14.2 Å². The number of fused-ring (bicyclic) bond motifs is 2. The predicted molar refractivity (Wildman–Crippen MR) is 185 cm³/mol. The van der Waals surface area contributed by atoms with Gasteiger partial charge in [0.1, 0.15) is 22.0 Å². The number of hydrogen-bond acceptors (Lipinski definition) is 12. The second kappa shape index (κ2) is 12.3. The molecule has 4 unspecified atom stereocenters. The van der Waals surface area contributed by atoms with Crippen LogP contribution < -0.4 is 20.9 Å². The van der Waals surface area contributed by atoms with Gasteiger partial charge in [-0.3, -0.25) is 9.11 Å². The average molecular weight is 717 g/mol. The maximum Gasteiger partial charge on any atom is 0.274 e. The molecular formula is C34H32N6O8S2. The van der Waals surface area contributed by atoms with Crippen molar-refractivity contribution in [3.63, 3.8) is 0 Å². The standard InChI is InChI=1S/C34H32N6O8S2/c1-47-29-15-19(11-13-25(29)33(35)23-9-5-3-7-21(23)27(39-37)17-31(33)49(41,42)43)20-12-14-26(30(16-20)48-2)34(36)24-10-6-4-8-22(24)28(40-38)18-32(34)50(44,45)46/h3-18,31-32,37-38H,35-36H2,1-2H3,(H,41,42,43)(H,44,45,46)/b39-37+,40-38+. The van der Waals surface area contributed by atoms with Crippen LogP contribution in [0.5, 0.6) is 11.5 Å². The van der Waals surface area contributed by atoms with Gasteiger partial charge < -0.3 is 20.9 Å². The van der Waals surface area contributed by atoms with Gasteiger partial charge in [-0.15, -0.1) is 0 Å². The average Bonchev–Trinajstić information content (AvgIpc) is 3.12. The SMILES string of the molecule is [H]/N=N/C1=CC(S(=O)(=O)O)C(N)(c2ccc(-c3ccc(C4(N)c5ccccc5C(/N=N/[H])=CC4S(=O)(=O)O)c(OC)c3)cc2OC)c2ccccc21. The van der Waals surface area contributed by atoms with Gasteiger partial charge in [0.2, 0.25) is 2.82 Å². The molecule has 14 nitrogen and oxygen atoms in total. The molecule has 4 atom stereocenters. The maximum atomic E-state index is 12.9. The van der Waals surface area contributed by atoms with Crippen molar-refractivity contribution in [1.29, 1.82) is 11.0 Å². The Morgan fingerprint density at radius 2 is 1.04 bits per heavy atom. The zero-order chi connectivity index (χ0) is 37.6. The lowest BCUT2D eigenvalue weighted by Gasteiger charge is -2.40. The molecule has 16 heteroatoms. The van der Waals surface area contributed by atoms with E-state index in [1.807, 2.05) is 0 Å². The largest absolute Gasteiger partial charge is 0.496 e. The van der Waals surface area contributed by atoms with Crippen LogP contribution in [-0.2, 0) is 31.3 Å². The van der Waals surface area contributed by atoms with E-state index < -0.39 is 41.8 Å². The lowest BCUT2D eigenvalue weighted by molar-refractivity contribution is 0.386. The predicted octanol–water partition coefficient (Wildman–Crippen LogP) is 5.06. The molecule has 0 saturated heterocycles. The number of methoxy groups -OCH3 is 2. The molecule has 2 aliphatic carbocycles. The van der Waals surface area contributed by atoms with E-state index >= 15 is 0 Å². The molecule has 0 spiro atoms. The normalized spacial score (nSPS) is 24.1. The van der Waals surface area contributed by atoms with Crippen LogP contribution in [0.15, 0.2) is 107 Å². The topological polar surface area (TPSA) is 252 Å². The first-order chi connectivity index (χ1) is 24.6. The maximum absolute atomic E-state index is 12.9. The summed E-state index contributed by atoms with van der Waals surface area (Å²) in [5, 5.41) is 4.01. The van der Waals surface area contributed by atoms with Crippen molar-refractivity contribution >= 4 is 31.6 Å². The summed E-state index contributed by atoms with van der Waals surface area (Å²) in [5.74, 6) is 0.323. The molecule has 50 heavy (non-hydrogen) atoms. The summed E-state index contributed by atoms with van der Waals surface area (Å²) in [4.78, 5) is 0. The lowest BCUT2D eigenvalue weighted by Crippen LogP contribution is -2.53. The Bertz CT molecular complexity index is 2270. The third kappa shape index (κ3) is 5.33. The molecule has 0 fully saturated rings. The Hall–Kier alpha value is -5.10. The van der Waals surface area contributed by atoms with Gasteiger partial charge in [-0.25, -0.2) is 11.0 Å². The fraction of sp³-hybridized carbons (Fsp3) is 0.176. The highest BCUT2D eigenvalue weighted by Crippen LogP contribution is 2.49. The van der Waals surface area contributed by atoms with Crippen molar-refractivity contribution in [3.8, 4) is 22.6 Å². The minimum absolute atomic E-state index is 0.0408. The first kappa shape index (κ1) is 32.1. The summed E-state index contributed by atoms with van der Waals surface area (Å²) in [7, 11) is -6.99. The highest BCUT2D eigenvalue weighted by Gasteiger charge is 2.51. The molecule has 6 rings (SSSR count). The summed E-state index contributed by atoms with van der Waals surface area (Å²) in [6, 6.07) is 22.8. The van der Waals surface area contributed by atoms with Crippen LogP contribution >= 0.6 is 0 Å². The fourth-order valence-electron chi connectivity index (χ4n) is 7.01. The summed E-state index contributed by atoms with van der Waals surface area (Å²) >= 11 is 0. The van der Waals surface area contributed by atoms with Crippen LogP contribution in [-0.4, -0.2) is 50.7 Å². The second-order valence-electron chi connectivity index (χ2n) is 11.8. The van der Waals surface area contributed by atoms with Crippen molar-refractivity contribution in [1.82, 2.24) is 0 Å². The van der Waals surface area contributed by atoms with Crippen molar-refractivity contribution in [2.24, 2.45) is 21.7 Å². The third-order valence-electron chi connectivity index (χ3n) is 9.30. The van der Waals surface area contributed by atoms with Crippen LogP contribution in [0.4, 0.5) is 0 Å². The lowest BCUT2D eigenvalue weighted by atomic mass is 9.73. The summed E-state index contributed by atoms with van der Waals surface area (Å²) in [6.45, 7) is 0. The molecule has 0 amide bonds. The van der Waals surface area contributed by atoms with E-state index in [9.17, 15) is 25.9 Å². The van der Waals surface area contributed by atoms with E-state index in [2.05, 4.69) is 21.3 Å². The Balaban J connectivity index is 1.51. The molecule has 4 aromatic carbocycles. The van der Waals surface area contributed by atoms with Crippen molar-refractivity contribution in [2.45, 2.75) is 21.6 Å². The highest BCUT2D eigenvalue weighted by molar-refractivity contribution is 7.87. The van der Waals surface area contributed by atoms with E-state index in [0.29, 0.717) is 22.3 Å². The van der Waals surface area contributed by atoms with E-state index in [4.69, 9.17) is 23.8 Å². The molecule has 8 N–H and O–H groups in total. The minimum Gasteiger partial charge on any atom is -0.496 e. The van der Waals surface area contributed by atoms with Crippen LogP contribution in [0.3, 0.4) is 0 Å². The Morgan fingerprint density at radius 1 is 0.660 bits per heavy atom. The number of benzene rings is 4. The van der Waals surface area contributed by atoms with Gasteiger partial charge in [-0.05, 0) is 46.5 Å². The zero-order valence-corrected chi connectivity index (χ0v) is 28.1. The molecule has 4 aromatic rings. The molecule has 0 aliphatic heterocycles. The van der Waals surface area contributed by atoms with Crippen LogP contribution in [0.1, 0.15) is 33.4 Å². The molecule has 2 aliphatic rings. The molecule has 0 bridgehead atoms. The number of hydrogen-bond donors (Lipinski definition) is 6. The summed E-state index contributed by atoms with van der Waals surface area (Å²) in [6.07, 6.45) is 2.29. The van der Waals surface area contributed by atoms with Gasteiger partial charge in [0.25, 0.3) is 20.2 Å². The molecule has 0 radical (unpaired) electrons. The van der Waals surface area contributed by atoms with E-state index in [-0.39, 0.29) is 45.1 Å². The fourth-order valence-corrected chi connectivity index (χ4v) is 9.06. The van der Waals surface area contributed by atoms with E-state index in [0.717, 1.165) is 12.2 Å². The van der Waals surface area contributed by atoms with Crippen LogP contribution in [0.2, 0.25) is 2.82 Å². The number of nitrogens with one attached hydrogen (secondary N) is 2. The Morgan fingerprint density at radius 3 is 1.38 bits per heavy atom. The van der Waals surface area contributed by atoms with Gasteiger partial charge in [-0.2, -0.15) is 27.1 Å². The molecule has 0 saturated carbocycles. The molecule has 0 aromatic heterocycles. The van der Waals surface area contributed by atoms with Gasteiger partial charge in [0, 0.05) is 22.3 Å². The smallest absolute Gasteiger partial charge is 0.274 e. The van der Waals surface area contributed by atoms with E-state index in [1.54, 1.807) is 84.9 Å². The first-order valence-corrected chi connectivity index (χ1v) is 17.9.